The van der Waals surface area contributed by atoms with Crippen LogP contribution in [-0.2, 0) is 0 Å². The third-order valence-corrected chi connectivity index (χ3v) is 6.11. The van der Waals surface area contributed by atoms with Gasteiger partial charge in [0.05, 0.1) is 10.0 Å². The van der Waals surface area contributed by atoms with E-state index in [1.54, 1.807) is 30.3 Å². The van der Waals surface area contributed by atoms with Crippen molar-refractivity contribution in [2.24, 2.45) is 0 Å². The van der Waals surface area contributed by atoms with E-state index in [4.69, 9.17) is 23.2 Å². The molecule has 0 aliphatic rings. The van der Waals surface area contributed by atoms with Gasteiger partial charge >= 0.3 is 0 Å². The number of nitrogens with one attached hydrogen (secondary N) is 2. The maximum Gasteiger partial charge on any atom is 0.194 e. The minimum atomic E-state index is -0.117. The van der Waals surface area contributed by atoms with Gasteiger partial charge in [0.1, 0.15) is 0 Å². The zero-order chi connectivity index (χ0) is 25.9. The second-order valence-corrected chi connectivity index (χ2v) is 8.63. The first-order chi connectivity index (χ1) is 17.4. The Balaban J connectivity index is 0.000000205. The lowest BCUT2D eigenvalue weighted by Gasteiger charge is -2.06. The Labute approximate surface area is 222 Å². The van der Waals surface area contributed by atoms with Crippen LogP contribution < -0.4 is 10.6 Å². The highest BCUT2D eigenvalue weighted by atomic mass is 35.5. The van der Waals surface area contributed by atoms with Crippen molar-refractivity contribution >= 4 is 46.1 Å². The number of halogens is 2. The molecule has 0 heterocycles. The molecule has 0 atom stereocenters. The molecule has 0 fully saturated rings. The largest absolute Gasteiger partial charge is 0.385 e. The maximum absolute atomic E-state index is 12.3. The van der Waals surface area contributed by atoms with Crippen molar-refractivity contribution in [3.8, 4) is 0 Å². The van der Waals surface area contributed by atoms with Gasteiger partial charge < -0.3 is 10.6 Å². The summed E-state index contributed by atoms with van der Waals surface area (Å²) in [5.41, 5.74) is 4.52. The zero-order valence-electron chi connectivity index (χ0n) is 20.2. The molecule has 2 N–H and O–H groups in total. The van der Waals surface area contributed by atoms with Gasteiger partial charge in [0.15, 0.2) is 11.6 Å². The van der Waals surface area contributed by atoms with E-state index >= 15 is 0 Å². The Bertz CT molecular complexity index is 1240. The number of rotatable bonds is 8. The number of ketones is 2. The smallest absolute Gasteiger partial charge is 0.194 e. The van der Waals surface area contributed by atoms with E-state index in [0.29, 0.717) is 32.3 Å². The Morgan fingerprint density at radius 3 is 1.53 bits per heavy atom. The van der Waals surface area contributed by atoms with Gasteiger partial charge in [-0.2, -0.15) is 0 Å². The summed E-state index contributed by atoms with van der Waals surface area (Å²) in [6, 6.07) is 29.2. The summed E-state index contributed by atoms with van der Waals surface area (Å²) in [5, 5.41) is 7.13. The minimum absolute atomic E-state index is 0.0519. The summed E-state index contributed by atoms with van der Waals surface area (Å²) in [6.07, 6.45) is 0. The summed E-state index contributed by atoms with van der Waals surface area (Å²) in [4.78, 5) is 24.4. The summed E-state index contributed by atoms with van der Waals surface area (Å²) in [5.74, 6) is -0.0656. The number of anilines is 2. The Morgan fingerprint density at radius 2 is 1.06 bits per heavy atom. The van der Waals surface area contributed by atoms with Crippen molar-refractivity contribution in [2.45, 2.75) is 13.8 Å². The summed E-state index contributed by atoms with van der Waals surface area (Å²) in [7, 11) is 0. The Morgan fingerprint density at radius 1 is 0.583 bits per heavy atom. The zero-order valence-corrected chi connectivity index (χ0v) is 21.7. The standard InChI is InChI=1S/C17H20N2O.C13H8Cl2O/c1-3-18-15-9-5-13(6-10-15)17(20)14-7-11-16(12-8-14)19-4-2;14-11-8-4-7-10(12(11)15)13(16)9-5-2-1-3-6-9/h5-12,18-19H,3-4H2,1-2H3;1-8H. The van der Waals surface area contributed by atoms with Crippen molar-refractivity contribution < 1.29 is 9.59 Å². The van der Waals surface area contributed by atoms with Crippen LogP contribution in [0, 0.1) is 0 Å². The lowest BCUT2D eigenvalue weighted by molar-refractivity contribution is 0.103. The second kappa shape index (κ2) is 13.5. The van der Waals surface area contributed by atoms with E-state index in [-0.39, 0.29) is 11.6 Å². The Hall–Kier alpha value is -3.60. The first-order valence-electron chi connectivity index (χ1n) is 11.7. The molecule has 0 saturated heterocycles. The fourth-order valence-electron chi connectivity index (χ4n) is 3.48. The predicted molar refractivity (Wildman–Crippen MR) is 151 cm³/mol. The predicted octanol–water partition coefficient (Wildman–Crippen LogP) is 8.01. The molecule has 6 heteroatoms. The molecule has 0 radical (unpaired) electrons. The topological polar surface area (TPSA) is 58.2 Å². The summed E-state index contributed by atoms with van der Waals surface area (Å²) in [6.45, 7) is 5.84. The Kier molecular flexibility index (Phi) is 10.1. The number of carbonyl (C=O) groups excluding carboxylic acids is 2. The van der Waals surface area contributed by atoms with Gasteiger partial charge in [-0.1, -0.05) is 59.6 Å². The van der Waals surface area contributed by atoms with Crippen molar-refractivity contribution in [3.63, 3.8) is 0 Å². The molecule has 4 aromatic rings. The highest BCUT2D eigenvalue weighted by molar-refractivity contribution is 6.44. The van der Waals surface area contributed by atoms with E-state index in [1.165, 1.54) is 0 Å². The highest BCUT2D eigenvalue weighted by Crippen LogP contribution is 2.27. The molecule has 0 aromatic heterocycles. The SMILES string of the molecule is CCNc1ccc(C(=O)c2ccc(NCC)cc2)cc1.O=C(c1ccccc1)c1cccc(Cl)c1Cl. The molecule has 0 aliphatic heterocycles. The minimum Gasteiger partial charge on any atom is -0.385 e. The van der Waals surface area contributed by atoms with Gasteiger partial charge in [0.25, 0.3) is 0 Å². The average molecular weight is 519 g/mol. The fraction of sp³-hybridized carbons (Fsp3) is 0.133. The van der Waals surface area contributed by atoms with Gasteiger partial charge in [-0.25, -0.2) is 0 Å². The number of hydrogen-bond acceptors (Lipinski definition) is 4. The quantitative estimate of drug-likeness (QED) is 0.232. The molecule has 36 heavy (non-hydrogen) atoms. The molecule has 0 amide bonds. The van der Waals surface area contributed by atoms with Crippen molar-refractivity contribution in [1.82, 2.24) is 0 Å². The fourth-order valence-corrected chi connectivity index (χ4v) is 3.86. The molecule has 4 rings (SSSR count). The van der Waals surface area contributed by atoms with Crippen LogP contribution in [0.15, 0.2) is 97.1 Å². The van der Waals surface area contributed by atoms with Crippen LogP contribution in [0.5, 0.6) is 0 Å². The molecular formula is C30H28Cl2N2O2. The van der Waals surface area contributed by atoms with E-state index in [2.05, 4.69) is 10.6 Å². The first-order valence-corrected chi connectivity index (χ1v) is 12.5. The summed E-state index contributed by atoms with van der Waals surface area (Å²) < 4.78 is 0. The van der Waals surface area contributed by atoms with E-state index in [9.17, 15) is 9.59 Å². The second-order valence-electron chi connectivity index (χ2n) is 7.84. The van der Waals surface area contributed by atoms with Crippen LogP contribution in [0.4, 0.5) is 11.4 Å². The first kappa shape index (κ1) is 27.0. The van der Waals surface area contributed by atoms with Crippen LogP contribution in [0.1, 0.15) is 45.7 Å². The molecule has 4 nitrogen and oxygen atoms in total. The van der Waals surface area contributed by atoms with Crippen molar-refractivity contribution in [3.05, 3.63) is 129 Å². The van der Waals surface area contributed by atoms with Crippen LogP contribution in [0.2, 0.25) is 10.0 Å². The van der Waals surface area contributed by atoms with Gasteiger partial charge in [-0.05, 0) is 74.5 Å². The molecule has 184 valence electrons. The van der Waals surface area contributed by atoms with Crippen LogP contribution >= 0.6 is 23.2 Å². The van der Waals surface area contributed by atoms with E-state index in [0.717, 1.165) is 24.5 Å². The molecule has 0 unspecified atom stereocenters. The lowest BCUT2D eigenvalue weighted by atomic mass is 10.0. The van der Waals surface area contributed by atoms with Gasteiger partial charge in [-0.15, -0.1) is 0 Å². The molecular weight excluding hydrogens is 491 g/mol. The third kappa shape index (κ3) is 7.20. The number of carbonyl (C=O) groups is 2. The highest BCUT2D eigenvalue weighted by Gasteiger charge is 2.14. The van der Waals surface area contributed by atoms with Gasteiger partial charge in [0, 0.05) is 46.7 Å². The average Bonchev–Trinajstić information content (AvgIpc) is 2.92. The normalized spacial score (nSPS) is 10.1. The van der Waals surface area contributed by atoms with Crippen LogP contribution in [0.3, 0.4) is 0 Å². The van der Waals surface area contributed by atoms with Crippen molar-refractivity contribution in [2.75, 3.05) is 23.7 Å². The number of benzene rings is 4. The van der Waals surface area contributed by atoms with Gasteiger partial charge in [0.2, 0.25) is 0 Å². The van der Waals surface area contributed by atoms with E-state index < -0.39 is 0 Å². The molecule has 4 aromatic carbocycles. The van der Waals surface area contributed by atoms with Crippen LogP contribution in [-0.4, -0.2) is 24.7 Å². The maximum atomic E-state index is 12.3. The van der Waals surface area contributed by atoms with Gasteiger partial charge in [-0.3, -0.25) is 9.59 Å². The molecule has 0 bridgehead atoms. The van der Waals surface area contributed by atoms with Crippen LogP contribution in [0.25, 0.3) is 0 Å². The number of hydrogen-bond donors (Lipinski definition) is 2. The molecule has 0 spiro atoms. The monoisotopic (exact) mass is 518 g/mol. The van der Waals surface area contributed by atoms with Crippen molar-refractivity contribution in [1.29, 1.82) is 0 Å². The lowest BCUT2D eigenvalue weighted by Crippen LogP contribution is -2.03. The summed E-state index contributed by atoms with van der Waals surface area (Å²) >= 11 is 11.8. The third-order valence-electron chi connectivity index (χ3n) is 5.29. The van der Waals surface area contributed by atoms with E-state index in [1.807, 2.05) is 80.6 Å². The molecule has 0 saturated carbocycles. The molecule has 0 aliphatic carbocycles.